The minimum absolute atomic E-state index is 0.163. The van der Waals surface area contributed by atoms with Gasteiger partial charge in [0.15, 0.2) is 0 Å². The predicted molar refractivity (Wildman–Crippen MR) is 82.9 cm³/mol. The number of hydrogen-bond donors (Lipinski definition) is 0. The molecule has 0 bridgehead atoms. The minimum atomic E-state index is -0.163. The van der Waals surface area contributed by atoms with Crippen molar-refractivity contribution >= 4 is 50.7 Å². The van der Waals surface area contributed by atoms with E-state index in [0.29, 0.717) is 10.0 Å². The molecule has 0 fully saturated rings. The summed E-state index contributed by atoms with van der Waals surface area (Å²) in [6, 6.07) is 13.5. The van der Waals surface area contributed by atoms with E-state index in [1.807, 2.05) is 24.3 Å². The number of alkyl halides is 1. The Labute approximate surface area is 130 Å². The highest BCUT2D eigenvalue weighted by Crippen LogP contribution is 2.32. The fourth-order valence-corrected chi connectivity index (χ4v) is 3.15. The second-order valence-electron chi connectivity index (χ2n) is 3.97. The van der Waals surface area contributed by atoms with Crippen LogP contribution in [0.2, 0.25) is 10.0 Å². The topological polar surface area (TPSA) is 0 Å². The Balaban J connectivity index is 2.19. The Morgan fingerprint density at radius 2 is 1.83 bits per heavy atom. The van der Waals surface area contributed by atoms with Crippen LogP contribution in [0.15, 0.2) is 46.9 Å². The molecule has 2 aromatic rings. The number of benzene rings is 2. The van der Waals surface area contributed by atoms with Crippen LogP contribution in [0.3, 0.4) is 0 Å². The van der Waals surface area contributed by atoms with Crippen molar-refractivity contribution in [2.24, 2.45) is 0 Å². The lowest BCUT2D eigenvalue weighted by Gasteiger charge is -2.12. The summed E-state index contributed by atoms with van der Waals surface area (Å²) in [5, 5.41) is 1.07. The Morgan fingerprint density at radius 3 is 2.50 bits per heavy atom. The van der Waals surface area contributed by atoms with E-state index in [0.717, 1.165) is 22.0 Å². The van der Waals surface area contributed by atoms with Crippen molar-refractivity contribution in [2.75, 3.05) is 0 Å². The zero-order chi connectivity index (χ0) is 13.1. The quantitative estimate of drug-likeness (QED) is 0.562. The molecule has 4 heteroatoms. The van der Waals surface area contributed by atoms with Gasteiger partial charge in [0.25, 0.3) is 0 Å². The first-order valence-electron chi connectivity index (χ1n) is 5.40. The summed E-state index contributed by atoms with van der Waals surface area (Å²) in [6.07, 6.45) is 0.725. The fraction of sp³-hybridized carbons (Fsp3) is 0.143. The first-order chi connectivity index (χ1) is 8.56. The third-order valence-electron chi connectivity index (χ3n) is 2.60. The smallest absolute Gasteiger partial charge is 0.0640 e. The molecule has 0 spiro atoms. The summed E-state index contributed by atoms with van der Waals surface area (Å²) in [4.78, 5) is 0. The number of rotatable bonds is 3. The molecule has 0 aromatic heterocycles. The summed E-state index contributed by atoms with van der Waals surface area (Å²) < 4.78 is 1.05. The third kappa shape index (κ3) is 3.64. The molecule has 0 aliphatic heterocycles. The molecule has 0 N–H and O–H groups in total. The van der Waals surface area contributed by atoms with Gasteiger partial charge in [-0.3, -0.25) is 0 Å². The van der Waals surface area contributed by atoms with Crippen LogP contribution < -0.4 is 0 Å². The van der Waals surface area contributed by atoms with Crippen molar-refractivity contribution in [1.82, 2.24) is 0 Å². The van der Waals surface area contributed by atoms with Crippen LogP contribution >= 0.6 is 50.7 Å². The second kappa shape index (κ2) is 6.29. The summed E-state index contributed by atoms with van der Waals surface area (Å²) in [5.74, 6) is 0. The van der Waals surface area contributed by atoms with Gasteiger partial charge in [0.1, 0.15) is 0 Å². The largest absolute Gasteiger partial charge is 0.117 e. The Kier molecular flexibility index (Phi) is 4.97. The maximum absolute atomic E-state index is 6.41. The molecule has 0 aliphatic carbocycles. The Hall–Kier alpha value is -0.210. The monoisotopic (exact) mass is 362 g/mol. The highest BCUT2D eigenvalue weighted by atomic mass is 79.9. The first kappa shape index (κ1) is 14.2. The van der Waals surface area contributed by atoms with Crippen molar-refractivity contribution in [3.05, 3.63) is 68.1 Å². The van der Waals surface area contributed by atoms with Gasteiger partial charge in [-0.1, -0.05) is 57.3 Å². The van der Waals surface area contributed by atoms with Crippen molar-refractivity contribution in [2.45, 2.75) is 11.8 Å². The number of hydrogen-bond acceptors (Lipinski definition) is 0. The van der Waals surface area contributed by atoms with E-state index in [2.05, 4.69) is 22.0 Å². The number of halogens is 4. The molecule has 0 saturated heterocycles. The van der Waals surface area contributed by atoms with Gasteiger partial charge in [-0.05, 0) is 41.8 Å². The lowest BCUT2D eigenvalue weighted by atomic mass is 10.0. The lowest BCUT2D eigenvalue weighted by Crippen LogP contribution is -1.97. The van der Waals surface area contributed by atoms with Crippen LogP contribution in [0.25, 0.3) is 0 Å². The summed E-state index contributed by atoms with van der Waals surface area (Å²) in [6.45, 7) is 0. The summed E-state index contributed by atoms with van der Waals surface area (Å²) in [7, 11) is 0. The zero-order valence-electron chi connectivity index (χ0n) is 9.34. The molecule has 2 rings (SSSR count). The van der Waals surface area contributed by atoms with Crippen LogP contribution in [0, 0.1) is 0 Å². The lowest BCUT2D eigenvalue weighted by molar-refractivity contribution is 0.919. The molecule has 2 aromatic carbocycles. The van der Waals surface area contributed by atoms with E-state index in [1.165, 1.54) is 0 Å². The van der Waals surface area contributed by atoms with Crippen molar-refractivity contribution in [3.8, 4) is 0 Å². The highest BCUT2D eigenvalue weighted by Gasteiger charge is 2.13. The fourth-order valence-electron chi connectivity index (χ4n) is 1.74. The first-order valence-corrected chi connectivity index (χ1v) is 7.38. The summed E-state index contributed by atoms with van der Waals surface area (Å²) in [5.41, 5.74) is 2.07. The maximum Gasteiger partial charge on any atom is 0.0640 e. The van der Waals surface area contributed by atoms with Crippen molar-refractivity contribution in [1.29, 1.82) is 0 Å². The van der Waals surface area contributed by atoms with E-state index in [9.17, 15) is 0 Å². The van der Waals surface area contributed by atoms with Gasteiger partial charge in [-0.25, -0.2) is 0 Å². The predicted octanol–water partition coefficient (Wildman–Crippen LogP) is 6.28. The van der Waals surface area contributed by atoms with Crippen molar-refractivity contribution in [3.63, 3.8) is 0 Å². The molecule has 18 heavy (non-hydrogen) atoms. The maximum atomic E-state index is 6.41. The SMILES string of the molecule is Clc1ccc(C(Cl)Cc2cccc(Br)c2)c(Cl)c1. The molecule has 0 amide bonds. The summed E-state index contributed by atoms with van der Waals surface area (Å²) >= 11 is 21.9. The average Bonchev–Trinajstić information content (AvgIpc) is 2.28. The van der Waals surface area contributed by atoms with Crippen LogP contribution in [0.1, 0.15) is 16.5 Å². The average molecular weight is 364 g/mol. The molecule has 0 saturated carbocycles. The van der Waals surface area contributed by atoms with Gasteiger partial charge in [0.2, 0.25) is 0 Å². The van der Waals surface area contributed by atoms with Crippen LogP contribution in [0.4, 0.5) is 0 Å². The van der Waals surface area contributed by atoms with Gasteiger partial charge >= 0.3 is 0 Å². The van der Waals surface area contributed by atoms with Crippen LogP contribution in [-0.2, 0) is 6.42 Å². The molecule has 0 aliphatic rings. The van der Waals surface area contributed by atoms with E-state index < -0.39 is 0 Å². The Morgan fingerprint density at radius 1 is 1.06 bits per heavy atom. The van der Waals surface area contributed by atoms with Gasteiger partial charge < -0.3 is 0 Å². The van der Waals surface area contributed by atoms with Gasteiger partial charge in [-0.15, -0.1) is 11.6 Å². The van der Waals surface area contributed by atoms with Gasteiger partial charge in [0, 0.05) is 14.5 Å². The van der Waals surface area contributed by atoms with E-state index in [1.54, 1.807) is 12.1 Å². The molecule has 0 radical (unpaired) electrons. The normalized spacial score (nSPS) is 12.4. The molecular weight excluding hydrogens is 354 g/mol. The highest BCUT2D eigenvalue weighted by molar-refractivity contribution is 9.10. The molecule has 94 valence electrons. The van der Waals surface area contributed by atoms with Crippen LogP contribution in [-0.4, -0.2) is 0 Å². The van der Waals surface area contributed by atoms with Gasteiger partial charge in [-0.2, -0.15) is 0 Å². The molecule has 0 heterocycles. The van der Waals surface area contributed by atoms with Crippen LogP contribution in [0.5, 0.6) is 0 Å². The molecule has 1 atom stereocenters. The molecule has 0 nitrogen and oxygen atoms in total. The van der Waals surface area contributed by atoms with E-state index >= 15 is 0 Å². The van der Waals surface area contributed by atoms with Gasteiger partial charge in [0.05, 0.1) is 5.38 Å². The standard InChI is InChI=1S/C14H10BrCl3/c15-10-3-1-2-9(6-10)7-13(17)12-5-4-11(16)8-14(12)18/h1-6,8,13H,7H2. The molecular formula is C14H10BrCl3. The third-order valence-corrected chi connectivity index (χ3v) is 4.05. The van der Waals surface area contributed by atoms with Crippen molar-refractivity contribution < 1.29 is 0 Å². The zero-order valence-corrected chi connectivity index (χ0v) is 13.2. The van der Waals surface area contributed by atoms with E-state index in [-0.39, 0.29) is 5.38 Å². The van der Waals surface area contributed by atoms with E-state index in [4.69, 9.17) is 34.8 Å². The second-order valence-corrected chi connectivity index (χ2v) is 6.25. The molecule has 1 unspecified atom stereocenters. The Bertz CT molecular complexity index is 554. The minimum Gasteiger partial charge on any atom is -0.117 e.